The lowest BCUT2D eigenvalue weighted by molar-refractivity contribution is 0.626. The van der Waals surface area contributed by atoms with Crippen molar-refractivity contribution in [3.63, 3.8) is 0 Å². The fourth-order valence-electron chi connectivity index (χ4n) is 2.64. The topological polar surface area (TPSA) is 27.3 Å². The summed E-state index contributed by atoms with van der Waals surface area (Å²) in [6.45, 7) is 11.1. The summed E-state index contributed by atoms with van der Waals surface area (Å²) < 4.78 is 13.2. The molecule has 0 spiro atoms. The third-order valence-corrected chi connectivity index (χ3v) is 4.25. The van der Waals surface area contributed by atoms with Gasteiger partial charge in [0.1, 0.15) is 5.82 Å². The van der Waals surface area contributed by atoms with Crippen LogP contribution < -0.4 is 15.5 Å². The van der Waals surface area contributed by atoms with Crippen molar-refractivity contribution in [2.24, 2.45) is 0 Å². The van der Waals surface area contributed by atoms with E-state index in [9.17, 15) is 4.39 Å². The highest BCUT2D eigenvalue weighted by molar-refractivity contribution is 6.19. The van der Waals surface area contributed by atoms with Crippen LogP contribution in [0.5, 0.6) is 0 Å². The van der Waals surface area contributed by atoms with E-state index < -0.39 is 0 Å². The number of anilines is 3. The Morgan fingerprint density at radius 2 is 1.81 bits per heavy atom. The molecule has 2 aromatic carbocycles. The van der Waals surface area contributed by atoms with Crippen LogP contribution in [0.4, 0.5) is 21.5 Å². The SMILES string of the molecule is C=C(CCl)CN(Cc1ccc(F)cc1)c1ccc(NC(=C)C)c(NC)c1. The predicted octanol–water partition coefficient (Wildman–Crippen LogP) is 5.61. The first-order valence-corrected chi connectivity index (χ1v) is 8.92. The van der Waals surface area contributed by atoms with Crippen LogP contribution in [0.3, 0.4) is 0 Å². The summed E-state index contributed by atoms with van der Waals surface area (Å²) in [6, 6.07) is 12.7. The number of rotatable bonds is 9. The first-order chi connectivity index (χ1) is 12.4. The number of hydrogen-bond donors (Lipinski definition) is 2. The maximum absolute atomic E-state index is 13.2. The number of allylic oxidation sites excluding steroid dienone is 1. The lowest BCUT2D eigenvalue weighted by Gasteiger charge is -2.27. The summed E-state index contributed by atoms with van der Waals surface area (Å²) in [4.78, 5) is 2.17. The van der Waals surface area contributed by atoms with Crippen LogP contribution in [-0.4, -0.2) is 19.5 Å². The smallest absolute Gasteiger partial charge is 0.123 e. The zero-order valence-electron chi connectivity index (χ0n) is 15.3. The third-order valence-electron chi connectivity index (χ3n) is 3.88. The van der Waals surface area contributed by atoms with Crippen LogP contribution in [0.1, 0.15) is 12.5 Å². The monoisotopic (exact) mass is 373 g/mol. The normalized spacial score (nSPS) is 10.3. The Balaban J connectivity index is 2.32. The molecule has 0 unspecified atom stereocenters. The van der Waals surface area contributed by atoms with E-state index in [4.69, 9.17) is 11.6 Å². The van der Waals surface area contributed by atoms with E-state index in [1.165, 1.54) is 12.1 Å². The van der Waals surface area contributed by atoms with Crippen molar-refractivity contribution in [2.75, 3.05) is 35.0 Å². The molecule has 2 N–H and O–H groups in total. The Morgan fingerprint density at radius 3 is 2.38 bits per heavy atom. The summed E-state index contributed by atoms with van der Waals surface area (Å²) in [6.07, 6.45) is 0. The van der Waals surface area contributed by atoms with E-state index in [2.05, 4.69) is 34.8 Å². The first kappa shape index (κ1) is 19.9. The molecule has 0 amide bonds. The average molecular weight is 374 g/mol. The van der Waals surface area contributed by atoms with Crippen LogP contribution in [0.2, 0.25) is 0 Å². The quantitative estimate of drug-likeness (QED) is 0.441. The number of nitrogens with one attached hydrogen (secondary N) is 2. The Labute approximate surface area is 160 Å². The number of alkyl halides is 1. The maximum Gasteiger partial charge on any atom is 0.123 e. The molecule has 2 rings (SSSR count). The van der Waals surface area contributed by atoms with Gasteiger partial charge in [0.05, 0.1) is 11.4 Å². The van der Waals surface area contributed by atoms with Gasteiger partial charge in [-0.2, -0.15) is 0 Å². The third kappa shape index (κ3) is 5.53. The molecule has 0 saturated heterocycles. The Hall–Kier alpha value is -2.46. The Kier molecular flexibility index (Phi) is 7.10. The van der Waals surface area contributed by atoms with Crippen molar-refractivity contribution in [3.8, 4) is 0 Å². The fraction of sp³-hybridized carbons (Fsp3) is 0.238. The molecule has 0 heterocycles. The lowest BCUT2D eigenvalue weighted by atomic mass is 10.1. The number of hydrogen-bond acceptors (Lipinski definition) is 3. The molecule has 26 heavy (non-hydrogen) atoms. The fourth-order valence-corrected chi connectivity index (χ4v) is 2.72. The van der Waals surface area contributed by atoms with Crippen molar-refractivity contribution in [3.05, 3.63) is 78.3 Å². The molecule has 0 saturated carbocycles. The van der Waals surface area contributed by atoms with E-state index in [1.807, 2.05) is 26.1 Å². The average Bonchev–Trinajstić information content (AvgIpc) is 2.62. The van der Waals surface area contributed by atoms with Gasteiger partial charge in [0, 0.05) is 37.4 Å². The summed E-state index contributed by atoms with van der Waals surface area (Å²) in [5.41, 5.74) is 5.76. The van der Waals surface area contributed by atoms with Gasteiger partial charge in [-0.15, -0.1) is 11.6 Å². The van der Waals surface area contributed by atoms with E-state index in [0.29, 0.717) is 19.0 Å². The van der Waals surface area contributed by atoms with Gasteiger partial charge < -0.3 is 15.5 Å². The van der Waals surface area contributed by atoms with Gasteiger partial charge in [-0.25, -0.2) is 4.39 Å². The summed E-state index contributed by atoms with van der Waals surface area (Å²) in [7, 11) is 1.88. The molecule has 3 nitrogen and oxygen atoms in total. The molecule has 0 aliphatic heterocycles. The van der Waals surface area contributed by atoms with Gasteiger partial charge in [-0.3, -0.25) is 0 Å². The largest absolute Gasteiger partial charge is 0.386 e. The zero-order chi connectivity index (χ0) is 19.1. The highest BCUT2D eigenvalue weighted by atomic mass is 35.5. The number of nitrogens with zero attached hydrogens (tertiary/aromatic N) is 1. The minimum Gasteiger partial charge on any atom is -0.386 e. The molecule has 0 bridgehead atoms. The molecule has 2 aromatic rings. The van der Waals surface area contributed by atoms with Crippen LogP contribution >= 0.6 is 11.6 Å². The molecular formula is C21H25ClFN3. The standard InChI is InChI=1S/C21H25ClFN3/c1-15(2)25-20-10-9-19(11-21(20)24-4)26(13-16(3)12-22)14-17-5-7-18(23)8-6-17/h5-11,24-25H,1,3,12-14H2,2,4H3. The molecule has 0 aliphatic rings. The van der Waals surface area contributed by atoms with Gasteiger partial charge in [0.25, 0.3) is 0 Å². The summed E-state index contributed by atoms with van der Waals surface area (Å²) in [5.74, 6) is 0.159. The summed E-state index contributed by atoms with van der Waals surface area (Å²) >= 11 is 5.94. The van der Waals surface area contributed by atoms with Crippen molar-refractivity contribution >= 4 is 28.7 Å². The van der Waals surface area contributed by atoms with E-state index in [0.717, 1.165) is 33.9 Å². The van der Waals surface area contributed by atoms with Gasteiger partial charge in [-0.1, -0.05) is 25.3 Å². The predicted molar refractivity (Wildman–Crippen MR) is 112 cm³/mol. The Morgan fingerprint density at radius 1 is 1.12 bits per heavy atom. The van der Waals surface area contributed by atoms with Gasteiger partial charge in [-0.05, 0) is 48.4 Å². The zero-order valence-corrected chi connectivity index (χ0v) is 16.0. The second-order valence-corrected chi connectivity index (χ2v) is 6.52. The first-order valence-electron chi connectivity index (χ1n) is 8.39. The van der Waals surface area contributed by atoms with E-state index in [-0.39, 0.29) is 5.82 Å². The van der Waals surface area contributed by atoms with E-state index >= 15 is 0 Å². The van der Waals surface area contributed by atoms with Gasteiger partial charge >= 0.3 is 0 Å². The van der Waals surface area contributed by atoms with Crippen LogP contribution in [0.15, 0.2) is 66.9 Å². The minimum atomic E-state index is -0.238. The molecule has 0 aromatic heterocycles. The second kappa shape index (κ2) is 9.30. The highest BCUT2D eigenvalue weighted by Crippen LogP contribution is 2.29. The van der Waals surface area contributed by atoms with E-state index in [1.54, 1.807) is 12.1 Å². The lowest BCUT2D eigenvalue weighted by Crippen LogP contribution is -2.25. The van der Waals surface area contributed by atoms with Gasteiger partial charge in [0.2, 0.25) is 0 Å². The van der Waals surface area contributed by atoms with Gasteiger partial charge in [0.15, 0.2) is 0 Å². The minimum absolute atomic E-state index is 0.238. The molecular weight excluding hydrogens is 349 g/mol. The summed E-state index contributed by atoms with van der Waals surface area (Å²) in [5, 5.41) is 6.45. The second-order valence-electron chi connectivity index (χ2n) is 6.25. The van der Waals surface area contributed by atoms with Crippen molar-refractivity contribution in [1.82, 2.24) is 0 Å². The maximum atomic E-state index is 13.2. The molecule has 0 atom stereocenters. The van der Waals surface area contributed by atoms with Crippen LogP contribution in [0.25, 0.3) is 0 Å². The molecule has 5 heteroatoms. The Bertz CT molecular complexity index is 771. The van der Waals surface area contributed by atoms with Crippen molar-refractivity contribution in [1.29, 1.82) is 0 Å². The number of halogens is 2. The molecule has 0 aliphatic carbocycles. The molecule has 0 radical (unpaired) electrons. The highest BCUT2D eigenvalue weighted by Gasteiger charge is 2.12. The molecule has 138 valence electrons. The van der Waals surface area contributed by atoms with Crippen LogP contribution in [0, 0.1) is 5.82 Å². The van der Waals surface area contributed by atoms with Crippen LogP contribution in [-0.2, 0) is 6.54 Å². The number of benzene rings is 2. The van der Waals surface area contributed by atoms with Crippen molar-refractivity contribution < 1.29 is 4.39 Å². The molecule has 0 fully saturated rings. The van der Waals surface area contributed by atoms with Crippen molar-refractivity contribution in [2.45, 2.75) is 13.5 Å².